The van der Waals surface area contributed by atoms with Crippen molar-refractivity contribution in [2.45, 2.75) is 77.6 Å². The van der Waals surface area contributed by atoms with E-state index in [0.717, 1.165) is 0 Å². The molecule has 0 amide bonds. The average Bonchev–Trinajstić information content (AvgIpc) is 2.33. The maximum Gasteiger partial charge on any atom is 0.0784 e. The number of rotatable bonds is 9. The molecule has 110 valence electrons. The first kappa shape index (κ1) is 18.4. The Balaban J connectivity index is 0.00000289. The van der Waals surface area contributed by atoms with Crippen LogP contribution in [0.25, 0.3) is 0 Å². The van der Waals surface area contributed by atoms with E-state index < -0.39 is 0 Å². The summed E-state index contributed by atoms with van der Waals surface area (Å²) in [4.78, 5) is 0. The molecule has 0 aromatic heterocycles. The number of hydrogen-bond donors (Lipinski definition) is 0. The molecule has 0 atom stereocenters. The molecule has 0 unspecified atom stereocenters. The lowest BCUT2D eigenvalue weighted by molar-refractivity contribution is -0.914. The number of piperidine rings is 1. The van der Waals surface area contributed by atoms with Gasteiger partial charge in [-0.05, 0) is 32.1 Å². The number of halogens is 1. The SMILES string of the molecule is CCCCCCCCCC[N+]1(C)CCCCC1.[Br-]. The van der Waals surface area contributed by atoms with Crippen LogP contribution in [0.5, 0.6) is 0 Å². The van der Waals surface area contributed by atoms with Crippen molar-refractivity contribution in [3.63, 3.8) is 0 Å². The second-order valence-corrected chi connectivity index (χ2v) is 6.33. The number of unbranched alkanes of at least 4 members (excludes halogenated alkanes) is 7. The van der Waals surface area contributed by atoms with E-state index in [-0.39, 0.29) is 17.0 Å². The van der Waals surface area contributed by atoms with Gasteiger partial charge < -0.3 is 21.5 Å². The molecule has 1 nitrogen and oxygen atoms in total. The molecule has 0 bridgehead atoms. The second kappa shape index (κ2) is 11.3. The third-order valence-electron chi connectivity index (χ3n) is 4.45. The molecule has 1 saturated heterocycles. The number of nitrogens with zero attached hydrogens (tertiary/aromatic N) is 1. The summed E-state index contributed by atoms with van der Waals surface area (Å²) in [5.41, 5.74) is 0. The van der Waals surface area contributed by atoms with Crippen molar-refractivity contribution in [1.82, 2.24) is 0 Å². The summed E-state index contributed by atoms with van der Waals surface area (Å²) >= 11 is 0. The minimum absolute atomic E-state index is 0. The van der Waals surface area contributed by atoms with E-state index in [1.807, 2.05) is 0 Å². The van der Waals surface area contributed by atoms with E-state index in [9.17, 15) is 0 Å². The molecule has 0 aromatic rings. The van der Waals surface area contributed by atoms with Gasteiger partial charge in [0.25, 0.3) is 0 Å². The topological polar surface area (TPSA) is 0 Å². The predicted molar refractivity (Wildman–Crippen MR) is 77.2 cm³/mol. The molecule has 0 aromatic carbocycles. The molecule has 1 heterocycles. The highest BCUT2D eigenvalue weighted by molar-refractivity contribution is 4.53. The number of hydrogen-bond acceptors (Lipinski definition) is 0. The van der Waals surface area contributed by atoms with Gasteiger partial charge in [0.05, 0.1) is 26.7 Å². The molecular formula is C16H34BrN. The summed E-state index contributed by atoms with van der Waals surface area (Å²) in [6, 6.07) is 0. The molecule has 0 spiro atoms. The van der Waals surface area contributed by atoms with Gasteiger partial charge >= 0.3 is 0 Å². The first-order chi connectivity index (χ1) is 8.27. The second-order valence-electron chi connectivity index (χ2n) is 6.33. The van der Waals surface area contributed by atoms with Crippen LogP contribution < -0.4 is 17.0 Å². The van der Waals surface area contributed by atoms with Crippen LogP contribution in [0.3, 0.4) is 0 Å². The van der Waals surface area contributed by atoms with E-state index >= 15 is 0 Å². The van der Waals surface area contributed by atoms with E-state index in [4.69, 9.17) is 0 Å². The van der Waals surface area contributed by atoms with Gasteiger partial charge in [-0.2, -0.15) is 0 Å². The van der Waals surface area contributed by atoms with Gasteiger partial charge in [-0.25, -0.2) is 0 Å². The first-order valence-corrected chi connectivity index (χ1v) is 8.10. The molecule has 1 aliphatic heterocycles. The Morgan fingerprint density at radius 2 is 1.22 bits per heavy atom. The highest BCUT2D eigenvalue weighted by Gasteiger charge is 2.23. The number of quaternary nitrogens is 1. The quantitative estimate of drug-likeness (QED) is 0.449. The average molecular weight is 320 g/mol. The summed E-state index contributed by atoms with van der Waals surface area (Å²) < 4.78 is 1.37. The lowest BCUT2D eigenvalue weighted by Crippen LogP contribution is -3.00. The third-order valence-corrected chi connectivity index (χ3v) is 4.45. The monoisotopic (exact) mass is 319 g/mol. The molecule has 1 rings (SSSR count). The Bertz CT molecular complexity index is 176. The fraction of sp³-hybridized carbons (Fsp3) is 1.00. The summed E-state index contributed by atoms with van der Waals surface area (Å²) in [5, 5.41) is 0. The lowest BCUT2D eigenvalue weighted by atomic mass is 10.1. The minimum atomic E-state index is 0. The standard InChI is InChI=1S/C16H34N.BrH/c1-3-4-5-6-7-8-9-11-14-17(2)15-12-10-13-16-17;/h3-16H2,1-2H3;1H/q+1;/p-1. The normalized spacial score (nSPS) is 18.3. The predicted octanol–water partition coefficient (Wildman–Crippen LogP) is 1.76. The van der Waals surface area contributed by atoms with Crippen molar-refractivity contribution in [2.75, 3.05) is 26.7 Å². The van der Waals surface area contributed by atoms with Crippen LogP contribution in [0.2, 0.25) is 0 Å². The molecule has 2 heteroatoms. The lowest BCUT2D eigenvalue weighted by Gasteiger charge is -2.37. The fourth-order valence-electron chi connectivity index (χ4n) is 3.13. The zero-order valence-corrected chi connectivity index (χ0v) is 14.3. The Morgan fingerprint density at radius 3 is 1.78 bits per heavy atom. The zero-order chi connectivity index (χ0) is 12.4. The molecule has 0 radical (unpaired) electrons. The molecule has 1 aliphatic rings. The molecule has 0 saturated carbocycles. The molecule has 18 heavy (non-hydrogen) atoms. The summed E-state index contributed by atoms with van der Waals surface area (Å²) in [6.07, 6.45) is 16.0. The van der Waals surface area contributed by atoms with Gasteiger partial charge in [-0.1, -0.05) is 45.4 Å². The van der Waals surface area contributed by atoms with Crippen LogP contribution in [0, 0.1) is 0 Å². The Labute approximate surface area is 126 Å². The molecular weight excluding hydrogens is 286 g/mol. The summed E-state index contributed by atoms with van der Waals surface area (Å²) in [5.74, 6) is 0. The molecule has 0 aliphatic carbocycles. The largest absolute Gasteiger partial charge is 1.00 e. The van der Waals surface area contributed by atoms with Gasteiger partial charge in [0, 0.05) is 0 Å². The van der Waals surface area contributed by atoms with Crippen LogP contribution in [0.4, 0.5) is 0 Å². The van der Waals surface area contributed by atoms with Crippen molar-refractivity contribution in [3.05, 3.63) is 0 Å². The molecule has 0 N–H and O–H groups in total. The van der Waals surface area contributed by atoms with Gasteiger partial charge in [0.15, 0.2) is 0 Å². The Hall–Kier alpha value is 0.440. The van der Waals surface area contributed by atoms with E-state index in [2.05, 4.69) is 14.0 Å². The van der Waals surface area contributed by atoms with E-state index in [1.165, 1.54) is 94.7 Å². The Kier molecular flexibility index (Phi) is 11.6. The van der Waals surface area contributed by atoms with Crippen LogP contribution >= 0.6 is 0 Å². The Morgan fingerprint density at radius 1 is 0.722 bits per heavy atom. The maximum atomic E-state index is 2.47. The van der Waals surface area contributed by atoms with Crippen molar-refractivity contribution in [1.29, 1.82) is 0 Å². The van der Waals surface area contributed by atoms with Crippen molar-refractivity contribution >= 4 is 0 Å². The maximum absolute atomic E-state index is 2.47. The minimum Gasteiger partial charge on any atom is -1.00 e. The third kappa shape index (κ3) is 8.53. The molecule has 1 fully saturated rings. The smallest absolute Gasteiger partial charge is 0.0784 e. The highest BCUT2D eigenvalue weighted by atomic mass is 79.9. The van der Waals surface area contributed by atoms with E-state index in [1.54, 1.807) is 0 Å². The summed E-state index contributed by atoms with van der Waals surface area (Å²) in [7, 11) is 2.47. The van der Waals surface area contributed by atoms with Gasteiger partial charge in [0.2, 0.25) is 0 Å². The van der Waals surface area contributed by atoms with Gasteiger partial charge in [0.1, 0.15) is 0 Å². The van der Waals surface area contributed by atoms with Crippen LogP contribution in [-0.4, -0.2) is 31.2 Å². The first-order valence-electron chi connectivity index (χ1n) is 8.10. The van der Waals surface area contributed by atoms with E-state index in [0.29, 0.717) is 0 Å². The van der Waals surface area contributed by atoms with Gasteiger partial charge in [-0.15, -0.1) is 0 Å². The van der Waals surface area contributed by atoms with Crippen molar-refractivity contribution < 1.29 is 21.5 Å². The van der Waals surface area contributed by atoms with Crippen LogP contribution in [-0.2, 0) is 0 Å². The number of likely N-dealkylation sites (tertiary alicyclic amines) is 1. The fourth-order valence-corrected chi connectivity index (χ4v) is 3.13. The van der Waals surface area contributed by atoms with Gasteiger partial charge in [-0.3, -0.25) is 0 Å². The van der Waals surface area contributed by atoms with Crippen LogP contribution in [0.1, 0.15) is 77.6 Å². The summed E-state index contributed by atoms with van der Waals surface area (Å²) in [6.45, 7) is 6.62. The highest BCUT2D eigenvalue weighted by Crippen LogP contribution is 2.18. The zero-order valence-electron chi connectivity index (χ0n) is 12.7. The van der Waals surface area contributed by atoms with Crippen LogP contribution in [0.15, 0.2) is 0 Å². The van der Waals surface area contributed by atoms with Crippen molar-refractivity contribution in [3.8, 4) is 0 Å². The van der Waals surface area contributed by atoms with Crippen molar-refractivity contribution in [2.24, 2.45) is 0 Å².